The molecular weight excluding hydrogens is 282 g/mol. The van der Waals surface area contributed by atoms with E-state index in [4.69, 9.17) is 0 Å². The largest absolute Gasteiger partial charge is 0.327 e. The number of aromatic nitrogens is 1. The van der Waals surface area contributed by atoms with Gasteiger partial charge in [0.2, 0.25) is 0 Å². The summed E-state index contributed by atoms with van der Waals surface area (Å²) in [5.74, 6) is -0.108. The quantitative estimate of drug-likeness (QED) is 0.851. The van der Waals surface area contributed by atoms with Gasteiger partial charge in [-0.05, 0) is 18.7 Å². The Morgan fingerprint density at radius 3 is 2.48 bits per heavy atom. The minimum absolute atomic E-state index is 0.108. The van der Waals surface area contributed by atoms with Crippen molar-refractivity contribution in [2.45, 2.75) is 19.9 Å². The number of benzene rings is 1. The molecule has 0 aliphatic rings. The molecule has 1 unspecified atom stereocenters. The maximum Gasteiger partial charge on any atom is 0.270 e. The monoisotopic (exact) mass is 303 g/mol. The van der Waals surface area contributed by atoms with Crippen molar-refractivity contribution >= 4 is 17.2 Å². The molecule has 0 bridgehead atoms. The molecule has 112 valence electrons. The number of hydrogen-bond acceptors (Lipinski definition) is 3. The molecule has 1 aromatic carbocycles. The lowest BCUT2D eigenvalue weighted by atomic mass is 10.0. The van der Waals surface area contributed by atoms with Gasteiger partial charge in [-0.3, -0.25) is 9.69 Å². The van der Waals surface area contributed by atoms with E-state index in [1.165, 1.54) is 11.3 Å². The maximum atomic E-state index is 12.7. The van der Waals surface area contributed by atoms with Crippen LogP contribution in [0.25, 0.3) is 0 Å². The molecule has 5 heteroatoms. The first-order chi connectivity index (χ1) is 10.2. The molecular formula is C16H21N3OS. The third-order valence-corrected chi connectivity index (χ3v) is 4.34. The number of aryl methyl sites for hydroxylation is 1. The van der Waals surface area contributed by atoms with Crippen LogP contribution in [-0.4, -0.2) is 28.5 Å². The zero-order chi connectivity index (χ0) is 15.2. The highest BCUT2D eigenvalue weighted by molar-refractivity contribution is 7.07. The Bertz CT molecular complexity index is 641. The molecule has 0 saturated carbocycles. The summed E-state index contributed by atoms with van der Waals surface area (Å²) in [7, 11) is 1.90. The summed E-state index contributed by atoms with van der Waals surface area (Å²) in [5, 5.41) is 1.93. The van der Waals surface area contributed by atoms with Gasteiger partial charge in [-0.25, -0.2) is 0 Å². The summed E-state index contributed by atoms with van der Waals surface area (Å²) in [6.45, 7) is 5.76. The highest BCUT2D eigenvalue weighted by atomic mass is 32.1. The van der Waals surface area contributed by atoms with Gasteiger partial charge >= 0.3 is 0 Å². The Balaban J connectivity index is 2.41. The maximum absolute atomic E-state index is 12.7. The molecule has 0 saturated heterocycles. The van der Waals surface area contributed by atoms with E-state index in [-0.39, 0.29) is 11.9 Å². The summed E-state index contributed by atoms with van der Waals surface area (Å²) < 4.78 is 1.87. The van der Waals surface area contributed by atoms with Crippen molar-refractivity contribution in [3.63, 3.8) is 0 Å². The summed E-state index contributed by atoms with van der Waals surface area (Å²) in [6, 6.07) is 9.55. The van der Waals surface area contributed by atoms with Crippen molar-refractivity contribution in [3.05, 3.63) is 52.3 Å². The predicted octanol–water partition coefficient (Wildman–Crippen LogP) is 2.60. The molecule has 4 nitrogen and oxygen atoms in total. The molecule has 1 amide bonds. The van der Waals surface area contributed by atoms with Gasteiger partial charge < -0.3 is 4.57 Å². The molecule has 1 atom stereocenters. The Kier molecular flexibility index (Phi) is 5.47. The number of likely N-dealkylation sites (N-methyl/N-ethyl adjacent to an activating group) is 1. The summed E-state index contributed by atoms with van der Waals surface area (Å²) in [5.41, 5.74) is 0.995. The van der Waals surface area contributed by atoms with Crippen LogP contribution in [0.2, 0.25) is 0 Å². The third kappa shape index (κ3) is 3.68. The lowest BCUT2D eigenvalue weighted by molar-refractivity contribution is -0.123. The molecule has 1 aromatic heterocycles. The van der Waals surface area contributed by atoms with Crippen LogP contribution in [0.5, 0.6) is 0 Å². The summed E-state index contributed by atoms with van der Waals surface area (Å²) >= 11 is 1.47. The van der Waals surface area contributed by atoms with Crippen LogP contribution < -0.4 is 4.80 Å². The van der Waals surface area contributed by atoms with Crippen molar-refractivity contribution in [2.75, 3.05) is 13.1 Å². The average molecular weight is 303 g/mol. The summed E-state index contributed by atoms with van der Waals surface area (Å²) in [6.07, 6.45) is 1.91. The molecule has 2 rings (SSSR count). The van der Waals surface area contributed by atoms with Crippen molar-refractivity contribution in [1.82, 2.24) is 9.47 Å². The first-order valence-corrected chi connectivity index (χ1v) is 8.03. The first kappa shape index (κ1) is 15.7. The van der Waals surface area contributed by atoms with Crippen LogP contribution in [0, 0.1) is 0 Å². The number of rotatable bonds is 5. The second-order valence-electron chi connectivity index (χ2n) is 4.78. The van der Waals surface area contributed by atoms with E-state index in [9.17, 15) is 4.79 Å². The minimum Gasteiger partial charge on any atom is -0.327 e. The van der Waals surface area contributed by atoms with Gasteiger partial charge in [-0.2, -0.15) is 4.99 Å². The first-order valence-electron chi connectivity index (χ1n) is 7.15. The molecule has 0 N–H and O–H groups in total. The standard InChI is InChI=1S/C16H21N3OS/c1-4-19(5-2)14(13-9-7-6-8-10-13)15(20)17-16-18(3)11-12-21-16/h6-12,14H,4-5H2,1-3H3. The molecule has 0 radical (unpaired) electrons. The zero-order valence-corrected chi connectivity index (χ0v) is 13.5. The average Bonchev–Trinajstić information content (AvgIpc) is 2.90. The van der Waals surface area contributed by atoms with Crippen molar-refractivity contribution in [1.29, 1.82) is 0 Å². The van der Waals surface area contributed by atoms with Crippen LogP contribution in [0.1, 0.15) is 25.5 Å². The number of hydrogen-bond donors (Lipinski definition) is 0. The highest BCUT2D eigenvalue weighted by Crippen LogP contribution is 2.21. The number of thiazole rings is 1. The molecule has 0 fully saturated rings. The molecule has 1 heterocycles. The van der Waals surface area contributed by atoms with E-state index in [1.807, 2.05) is 53.5 Å². The van der Waals surface area contributed by atoms with Crippen molar-refractivity contribution in [3.8, 4) is 0 Å². The number of amides is 1. The Morgan fingerprint density at radius 2 is 1.95 bits per heavy atom. The molecule has 21 heavy (non-hydrogen) atoms. The van der Waals surface area contributed by atoms with E-state index in [0.717, 1.165) is 23.5 Å². The van der Waals surface area contributed by atoms with Gasteiger partial charge in [-0.15, -0.1) is 11.3 Å². The lowest BCUT2D eigenvalue weighted by Crippen LogP contribution is -2.34. The fourth-order valence-electron chi connectivity index (χ4n) is 2.32. The van der Waals surface area contributed by atoms with Crippen molar-refractivity contribution < 1.29 is 4.79 Å². The van der Waals surface area contributed by atoms with Crippen LogP contribution >= 0.6 is 11.3 Å². The number of carbonyl (C=O) groups is 1. The van der Waals surface area contributed by atoms with Crippen LogP contribution in [0.15, 0.2) is 46.9 Å². The minimum atomic E-state index is -0.316. The van der Waals surface area contributed by atoms with Gasteiger partial charge in [0.15, 0.2) is 4.80 Å². The van der Waals surface area contributed by atoms with Crippen LogP contribution in [-0.2, 0) is 11.8 Å². The second kappa shape index (κ2) is 7.33. The van der Waals surface area contributed by atoms with E-state index in [0.29, 0.717) is 0 Å². The SMILES string of the molecule is CCN(CC)C(C(=O)N=c1sccn1C)c1ccccc1. The van der Waals surface area contributed by atoms with Gasteiger partial charge in [-0.1, -0.05) is 44.2 Å². The highest BCUT2D eigenvalue weighted by Gasteiger charge is 2.25. The van der Waals surface area contributed by atoms with E-state index >= 15 is 0 Å². The van der Waals surface area contributed by atoms with Gasteiger partial charge in [0, 0.05) is 18.6 Å². The second-order valence-corrected chi connectivity index (χ2v) is 5.65. The number of nitrogens with zero attached hydrogens (tertiary/aromatic N) is 3. The predicted molar refractivity (Wildman–Crippen MR) is 86.0 cm³/mol. The normalized spacial score (nSPS) is 13.6. The molecule has 2 aromatic rings. The topological polar surface area (TPSA) is 37.6 Å². The van der Waals surface area contributed by atoms with E-state index < -0.39 is 0 Å². The molecule has 0 aliphatic carbocycles. The Labute approximate surface area is 129 Å². The number of carbonyl (C=O) groups excluding carboxylic acids is 1. The van der Waals surface area contributed by atoms with E-state index in [1.54, 1.807) is 0 Å². The van der Waals surface area contributed by atoms with Gasteiger partial charge in [0.25, 0.3) is 5.91 Å². The Morgan fingerprint density at radius 1 is 1.29 bits per heavy atom. The van der Waals surface area contributed by atoms with Crippen LogP contribution in [0.4, 0.5) is 0 Å². The lowest BCUT2D eigenvalue weighted by Gasteiger charge is -2.27. The zero-order valence-electron chi connectivity index (χ0n) is 12.7. The third-order valence-electron chi connectivity index (χ3n) is 3.49. The van der Waals surface area contributed by atoms with Gasteiger partial charge in [0.05, 0.1) is 0 Å². The van der Waals surface area contributed by atoms with Crippen LogP contribution in [0.3, 0.4) is 0 Å². The smallest absolute Gasteiger partial charge is 0.270 e. The Hall–Kier alpha value is -1.72. The summed E-state index contributed by atoms with van der Waals surface area (Å²) in [4.78, 5) is 19.9. The molecule has 0 spiro atoms. The fourth-order valence-corrected chi connectivity index (χ4v) is 3.06. The van der Waals surface area contributed by atoms with Gasteiger partial charge in [0.1, 0.15) is 6.04 Å². The molecule has 0 aliphatic heterocycles. The van der Waals surface area contributed by atoms with Crippen molar-refractivity contribution in [2.24, 2.45) is 12.0 Å². The van der Waals surface area contributed by atoms with E-state index in [2.05, 4.69) is 23.7 Å². The fraction of sp³-hybridized carbons (Fsp3) is 0.375.